The Morgan fingerprint density at radius 2 is 1.48 bits per heavy atom. The molecule has 25 heavy (non-hydrogen) atoms. The molecule has 4 nitrogen and oxygen atoms in total. The number of hydrogen-bond donors (Lipinski definition) is 0. The monoisotopic (exact) mass is 365 g/mol. The van der Waals surface area contributed by atoms with Gasteiger partial charge >= 0.3 is 0 Å². The molecule has 2 heterocycles. The molecule has 1 aromatic heterocycles. The number of benzene rings is 2. The van der Waals surface area contributed by atoms with Gasteiger partial charge in [-0.15, -0.1) is 11.3 Å². The summed E-state index contributed by atoms with van der Waals surface area (Å²) in [6.45, 7) is 0. The highest BCUT2D eigenvalue weighted by molar-refractivity contribution is 7.15. The lowest BCUT2D eigenvalue weighted by atomic mass is 10.1. The SMILES string of the molecule is O=C1c2cc(Cl)ccc2-c2csc(N3C(=O)c4ccccc4C3=O)c21. The molecule has 1 aliphatic carbocycles. The van der Waals surface area contributed by atoms with Gasteiger partial charge in [-0.3, -0.25) is 14.4 Å². The summed E-state index contributed by atoms with van der Waals surface area (Å²) >= 11 is 7.23. The second kappa shape index (κ2) is 4.88. The molecule has 0 bridgehead atoms. The molecule has 2 aliphatic rings. The quantitative estimate of drug-likeness (QED) is 0.469. The van der Waals surface area contributed by atoms with Gasteiger partial charge in [-0.2, -0.15) is 0 Å². The van der Waals surface area contributed by atoms with Gasteiger partial charge in [0.1, 0.15) is 5.00 Å². The van der Waals surface area contributed by atoms with Crippen LogP contribution in [0.4, 0.5) is 5.00 Å². The number of carbonyl (C=O) groups is 3. The van der Waals surface area contributed by atoms with Crippen LogP contribution in [0.3, 0.4) is 0 Å². The standard InChI is InChI=1S/C19H8ClNO3S/c20-9-5-6-10-13(7-9)16(22)15-14(10)8-25-19(15)21-17(23)11-3-1-2-4-12(11)18(21)24/h1-8H. The maximum absolute atomic E-state index is 12.9. The predicted molar refractivity (Wildman–Crippen MR) is 95.8 cm³/mol. The summed E-state index contributed by atoms with van der Waals surface area (Å²) in [5, 5.41) is 2.66. The van der Waals surface area contributed by atoms with E-state index in [2.05, 4.69) is 0 Å². The molecule has 3 aromatic rings. The van der Waals surface area contributed by atoms with Crippen molar-refractivity contribution < 1.29 is 14.4 Å². The Morgan fingerprint density at radius 1 is 0.800 bits per heavy atom. The van der Waals surface area contributed by atoms with E-state index >= 15 is 0 Å². The van der Waals surface area contributed by atoms with Gasteiger partial charge in [-0.1, -0.05) is 29.8 Å². The summed E-state index contributed by atoms with van der Waals surface area (Å²) in [7, 11) is 0. The van der Waals surface area contributed by atoms with Crippen molar-refractivity contribution in [2.45, 2.75) is 0 Å². The van der Waals surface area contributed by atoms with Crippen LogP contribution >= 0.6 is 22.9 Å². The van der Waals surface area contributed by atoms with Crippen LogP contribution in [0.1, 0.15) is 36.6 Å². The summed E-state index contributed by atoms with van der Waals surface area (Å²) in [5.74, 6) is -1.00. The van der Waals surface area contributed by atoms with Crippen LogP contribution in [-0.2, 0) is 0 Å². The first-order valence-electron chi connectivity index (χ1n) is 7.52. The Morgan fingerprint density at radius 3 is 2.16 bits per heavy atom. The van der Waals surface area contributed by atoms with E-state index in [1.807, 2.05) is 5.38 Å². The Bertz CT molecular complexity index is 1100. The summed E-state index contributed by atoms with van der Waals surface area (Å²) in [5.41, 5.74) is 3.15. The third-order valence-electron chi connectivity index (χ3n) is 4.51. The van der Waals surface area contributed by atoms with Gasteiger partial charge < -0.3 is 0 Å². The van der Waals surface area contributed by atoms with Gasteiger partial charge in [0.25, 0.3) is 11.8 Å². The molecule has 0 atom stereocenters. The normalized spacial score (nSPS) is 14.8. The van der Waals surface area contributed by atoms with E-state index in [4.69, 9.17) is 11.6 Å². The van der Waals surface area contributed by atoms with Crippen molar-refractivity contribution in [3.8, 4) is 11.1 Å². The van der Waals surface area contributed by atoms with Gasteiger partial charge in [0.2, 0.25) is 0 Å². The Balaban J connectivity index is 1.69. The molecule has 0 saturated carbocycles. The topological polar surface area (TPSA) is 54.5 Å². The van der Waals surface area contributed by atoms with Crippen LogP contribution in [0.15, 0.2) is 47.8 Å². The number of anilines is 1. The van der Waals surface area contributed by atoms with Gasteiger partial charge in [0.05, 0.1) is 16.7 Å². The van der Waals surface area contributed by atoms with E-state index in [1.54, 1.807) is 42.5 Å². The molecule has 120 valence electrons. The van der Waals surface area contributed by atoms with Crippen molar-refractivity contribution in [3.05, 3.63) is 75.1 Å². The van der Waals surface area contributed by atoms with Crippen LogP contribution in [0.25, 0.3) is 11.1 Å². The molecule has 0 spiro atoms. The van der Waals surface area contributed by atoms with Crippen molar-refractivity contribution in [1.82, 2.24) is 0 Å². The highest BCUT2D eigenvalue weighted by Gasteiger charge is 2.41. The number of nitrogens with zero attached hydrogens (tertiary/aromatic N) is 1. The molecule has 2 amide bonds. The minimum atomic E-state index is -0.396. The number of imide groups is 1. The summed E-state index contributed by atoms with van der Waals surface area (Å²) < 4.78 is 0. The van der Waals surface area contributed by atoms with Crippen LogP contribution in [0.5, 0.6) is 0 Å². The van der Waals surface area contributed by atoms with E-state index in [0.29, 0.717) is 32.3 Å². The Kier molecular flexibility index (Phi) is 2.84. The average molecular weight is 366 g/mol. The Hall–Kier alpha value is -2.76. The molecule has 0 saturated heterocycles. The van der Waals surface area contributed by atoms with Crippen LogP contribution in [0, 0.1) is 0 Å². The summed E-state index contributed by atoms with van der Waals surface area (Å²) in [6.07, 6.45) is 0. The fraction of sp³-hybridized carbons (Fsp3) is 0. The highest BCUT2D eigenvalue weighted by atomic mass is 35.5. The van der Waals surface area contributed by atoms with Crippen molar-refractivity contribution in [1.29, 1.82) is 0 Å². The first-order valence-corrected chi connectivity index (χ1v) is 8.77. The maximum Gasteiger partial charge on any atom is 0.266 e. The molecule has 0 fully saturated rings. The number of ketones is 1. The smallest absolute Gasteiger partial charge is 0.266 e. The lowest BCUT2D eigenvalue weighted by molar-refractivity contribution is 0.0927. The maximum atomic E-state index is 12.9. The van der Waals surface area contributed by atoms with E-state index in [1.165, 1.54) is 11.3 Å². The minimum absolute atomic E-state index is 0.208. The summed E-state index contributed by atoms with van der Waals surface area (Å²) in [6, 6.07) is 11.8. The summed E-state index contributed by atoms with van der Waals surface area (Å²) in [4.78, 5) is 39.4. The molecule has 5 rings (SSSR count). The van der Waals surface area contributed by atoms with Gasteiger partial charge in [0.15, 0.2) is 5.78 Å². The second-order valence-corrected chi connectivity index (χ2v) is 7.13. The highest BCUT2D eigenvalue weighted by Crippen LogP contribution is 2.47. The number of halogens is 1. The molecular formula is C19H8ClNO3S. The lowest BCUT2D eigenvalue weighted by Crippen LogP contribution is -2.29. The number of fused-ring (bicyclic) bond motifs is 4. The van der Waals surface area contributed by atoms with E-state index in [-0.39, 0.29) is 5.78 Å². The van der Waals surface area contributed by atoms with Gasteiger partial charge in [-0.05, 0) is 29.8 Å². The molecule has 2 aromatic carbocycles. The van der Waals surface area contributed by atoms with Gasteiger partial charge in [0, 0.05) is 21.5 Å². The first-order chi connectivity index (χ1) is 12.1. The van der Waals surface area contributed by atoms with Crippen LogP contribution < -0.4 is 4.90 Å². The fourth-order valence-corrected chi connectivity index (χ4v) is 4.62. The molecule has 6 heteroatoms. The average Bonchev–Trinajstić information content (AvgIpc) is 3.22. The zero-order chi connectivity index (χ0) is 17.3. The molecular weight excluding hydrogens is 358 g/mol. The number of hydrogen-bond acceptors (Lipinski definition) is 4. The van der Waals surface area contributed by atoms with Crippen LogP contribution in [-0.4, -0.2) is 17.6 Å². The lowest BCUT2D eigenvalue weighted by Gasteiger charge is -2.12. The van der Waals surface area contributed by atoms with Crippen LogP contribution in [0.2, 0.25) is 5.02 Å². The zero-order valence-electron chi connectivity index (χ0n) is 12.6. The van der Waals surface area contributed by atoms with E-state index < -0.39 is 11.8 Å². The number of rotatable bonds is 1. The number of thiophene rings is 1. The Labute approximate surface area is 151 Å². The van der Waals surface area contributed by atoms with Crippen molar-refractivity contribution >= 4 is 45.5 Å². The second-order valence-electron chi connectivity index (χ2n) is 5.84. The molecule has 0 N–H and O–H groups in total. The predicted octanol–water partition coefficient (Wildman–Crippen LogP) is 4.41. The van der Waals surface area contributed by atoms with Gasteiger partial charge in [-0.25, -0.2) is 4.90 Å². The minimum Gasteiger partial charge on any atom is -0.288 e. The fourth-order valence-electron chi connectivity index (χ4n) is 3.38. The molecule has 0 radical (unpaired) electrons. The molecule has 1 aliphatic heterocycles. The van der Waals surface area contributed by atoms with E-state index in [0.717, 1.165) is 16.0 Å². The third-order valence-corrected chi connectivity index (χ3v) is 5.71. The molecule has 0 unspecified atom stereocenters. The third kappa shape index (κ3) is 1.79. The first kappa shape index (κ1) is 14.6. The van der Waals surface area contributed by atoms with E-state index in [9.17, 15) is 14.4 Å². The largest absolute Gasteiger partial charge is 0.288 e. The number of amides is 2. The van der Waals surface area contributed by atoms with Crippen molar-refractivity contribution in [2.75, 3.05) is 4.90 Å². The zero-order valence-corrected chi connectivity index (χ0v) is 14.1. The van der Waals surface area contributed by atoms with Crippen molar-refractivity contribution in [2.24, 2.45) is 0 Å². The van der Waals surface area contributed by atoms with Crippen molar-refractivity contribution in [3.63, 3.8) is 0 Å². The number of carbonyl (C=O) groups excluding carboxylic acids is 3.